The second-order valence-electron chi connectivity index (χ2n) is 5.79. The van der Waals surface area contributed by atoms with Gasteiger partial charge in [0.05, 0.1) is 6.54 Å². The molecule has 3 N–H and O–H groups in total. The lowest BCUT2D eigenvalue weighted by molar-refractivity contribution is -0.142. The topological polar surface area (TPSA) is 95.5 Å². The Hall–Kier alpha value is -1.59. The Labute approximate surface area is 119 Å². The van der Waals surface area contributed by atoms with Crippen molar-refractivity contribution in [3.63, 3.8) is 0 Å². The fraction of sp³-hybridized carbons (Fsp3) is 0.786. The summed E-state index contributed by atoms with van der Waals surface area (Å²) in [5.74, 6) is -1.43. The second kappa shape index (κ2) is 7.87. The molecule has 0 spiro atoms. The van der Waals surface area contributed by atoms with Crippen LogP contribution in [0.25, 0.3) is 0 Å². The molecular weight excluding hydrogens is 260 g/mol. The van der Waals surface area contributed by atoms with Crippen molar-refractivity contribution in [1.29, 1.82) is 0 Å². The van der Waals surface area contributed by atoms with E-state index in [1.807, 2.05) is 13.8 Å². The molecule has 6 heteroatoms. The molecule has 1 aliphatic carbocycles. The quantitative estimate of drug-likeness (QED) is 0.647. The molecule has 1 fully saturated rings. The number of amides is 2. The molecule has 20 heavy (non-hydrogen) atoms. The number of carbonyl (C=O) groups excluding carboxylic acids is 2. The van der Waals surface area contributed by atoms with Crippen LogP contribution >= 0.6 is 0 Å². The fourth-order valence-corrected chi connectivity index (χ4v) is 2.44. The van der Waals surface area contributed by atoms with Gasteiger partial charge in [-0.15, -0.1) is 0 Å². The zero-order chi connectivity index (χ0) is 15.1. The number of nitrogens with one attached hydrogen (secondary N) is 2. The van der Waals surface area contributed by atoms with E-state index in [2.05, 4.69) is 10.6 Å². The Kier molecular flexibility index (Phi) is 6.48. The number of carboxylic acid groups (broad SMARTS) is 1. The van der Waals surface area contributed by atoms with E-state index in [0.717, 1.165) is 25.7 Å². The van der Waals surface area contributed by atoms with Crippen molar-refractivity contribution in [1.82, 2.24) is 10.6 Å². The van der Waals surface area contributed by atoms with Crippen LogP contribution in [0.15, 0.2) is 0 Å². The molecule has 0 aromatic heterocycles. The Balaban J connectivity index is 2.33. The minimum atomic E-state index is -1.05. The monoisotopic (exact) mass is 284 g/mol. The Morgan fingerprint density at radius 3 is 2.30 bits per heavy atom. The molecule has 0 aromatic carbocycles. The first-order valence-corrected chi connectivity index (χ1v) is 7.20. The van der Waals surface area contributed by atoms with Gasteiger partial charge in [-0.3, -0.25) is 9.59 Å². The van der Waals surface area contributed by atoms with Gasteiger partial charge in [-0.2, -0.15) is 0 Å². The maximum Gasteiger partial charge on any atom is 0.326 e. The molecule has 0 aliphatic heterocycles. The number of rotatable bonds is 7. The van der Waals surface area contributed by atoms with Gasteiger partial charge in [0.15, 0.2) is 0 Å². The van der Waals surface area contributed by atoms with Crippen LogP contribution in [0.5, 0.6) is 0 Å². The van der Waals surface area contributed by atoms with E-state index in [-0.39, 0.29) is 24.3 Å². The van der Waals surface area contributed by atoms with Crippen molar-refractivity contribution < 1.29 is 19.5 Å². The molecule has 114 valence electrons. The van der Waals surface area contributed by atoms with Crippen molar-refractivity contribution >= 4 is 17.8 Å². The highest BCUT2D eigenvalue weighted by molar-refractivity contribution is 5.88. The number of hydrogen-bond acceptors (Lipinski definition) is 3. The summed E-state index contributed by atoms with van der Waals surface area (Å²) in [6.07, 6.45) is 4.23. The first kappa shape index (κ1) is 16.5. The lowest BCUT2D eigenvalue weighted by atomic mass is 10.0. The van der Waals surface area contributed by atoms with E-state index in [0.29, 0.717) is 6.42 Å². The van der Waals surface area contributed by atoms with E-state index >= 15 is 0 Å². The summed E-state index contributed by atoms with van der Waals surface area (Å²) in [4.78, 5) is 34.4. The van der Waals surface area contributed by atoms with Crippen LogP contribution in [-0.4, -0.2) is 35.5 Å². The average Bonchev–Trinajstić information content (AvgIpc) is 2.88. The molecule has 0 radical (unpaired) electrons. The van der Waals surface area contributed by atoms with E-state index in [1.165, 1.54) is 0 Å². The van der Waals surface area contributed by atoms with Crippen molar-refractivity contribution in [3.8, 4) is 0 Å². The van der Waals surface area contributed by atoms with Gasteiger partial charge in [0.1, 0.15) is 6.04 Å². The van der Waals surface area contributed by atoms with Gasteiger partial charge in [-0.05, 0) is 25.2 Å². The minimum Gasteiger partial charge on any atom is -0.480 e. The van der Waals surface area contributed by atoms with E-state index in [9.17, 15) is 14.4 Å². The summed E-state index contributed by atoms with van der Waals surface area (Å²) in [6, 6.07) is -0.897. The van der Waals surface area contributed by atoms with Crippen molar-refractivity contribution in [2.45, 2.75) is 52.0 Å². The number of carbonyl (C=O) groups is 3. The SMILES string of the molecule is CC(C)C[C@H](NC(=O)CNC(=O)C1CCCC1)C(=O)O. The zero-order valence-electron chi connectivity index (χ0n) is 12.1. The molecular formula is C14H24N2O4. The van der Waals surface area contributed by atoms with Crippen molar-refractivity contribution in [2.24, 2.45) is 11.8 Å². The highest BCUT2D eigenvalue weighted by atomic mass is 16.4. The van der Waals surface area contributed by atoms with Gasteiger partial charge in [-0.1, -0.05) is 26.7 Å². The van der Waals surface area contributed by atoms with Crippen LogP contribution in [-0.2, 0) is 14.4 Å². The molecule has 1 rings (SSSR count). The third kappa shape index (κ3) is 5.59. The van der Waals surface area contributed by atoms with Gasteiger partial charge in [0, 0.05) is 5.92 Å². The van der Waals surface area contributed by atoms with E-state index < -0.39 is 17.9 Å². The molecule has 1 saturated carbocycles. The smallest absolute Gasteiger partial charge is 0.326 e. The maximum absolute atomic E-state index is 11.7. The lowest BCUT2D eigenvalue weighted by Gasteiger charge is -2.17. The largest absolute Gasteiger partial charge is 0.480 e. The Morgan fingerprint density at radius 2 is 1.80 bits per heavy atom. The van der Waals surface area contributed by atoms with E-state index in [1.54, 1.807) is 0 Å². The molecule has 0 bridgehead atoms. The molecule has 0 heterocycles. The van der Waals surface area contributed by atoms with Crippen LogP contribution < -0.4 is 10.6 Å². The fourth-order valence-electron chi connectivity index (χ4n) is 2.44. The molecule has 0 aromatic rings. The zero-order valence-corrected chi connectivity index (χ0v) is 12.1. The summed E-state index contributed by atoms with van der Waals surface area (Å²) in [7, 11) is 0. The van der Waals surface area contributed by atoms with Crippen LogP contribution in [0, 0.1) is 11.8 Å². The predicted octanol–water partition coefficient (Wildman–Crippen LogP) is 0.908. The minimum absolute atomic E-state index is 0.00809. The second-order valence-corrected chi connectivity index (χ2v) is 5.79. The summed E-state index contributed by atoms with van der Waals surface area (Å²) in [5.41, 5.74) is 0. The molecule has 1 atom stereocenters. The maximum atomic E-state index is 11.7. The molecule has 1 aliphatic rings. The number of carboxylic acids is 1. The van der Waals surface area contributed by atoms with Gasteiger partial charge < -0.3 is 15.7 Å². The standard InChI is InChI=1S/C14H24N2O4/c1-9(2)7-11(14(19)20)16-12(17)8-15-13(18)10-5-3-4-6-10/h9-11H,3-8H2,1-2H3,(H,15,18)(H,16,17)(H,19,20)/t11-/m0/s1. The lowest BCUT2D eigenvalue weighted by Crippen LogP contribution is -2.46. The van der Waals surface area contributed by atoms with E-state index in [4.69, 9.17) is 5.11 Å². The summed E-state index contributed by atoms with van der Waals surface area (Å²) in [6.45, 7) is 3.63. The van der Waals surface area contributed by atoms with Crippen LogP contribution in [0.2, 0.25) is 0 Å². The number of aliphatic carboxylic acids is 1. The Morgan fingerprint density at radius 1 is 1.20 bits per heavy atom. The summed E-state index contributed by atoms with van der Waals surface area (Å²) < 4.78 is 0. The van der Waals surface area contributed by atoms with Crippen LogP contribution in [0.4, 0.5) is 0 Å². The van der Waals surface area contributed by atoms with Crippen LogP contribution in [0.1, 0.15) is 46.0 Å². The van der Waals surface area contributed by atoms with Crippen molar-refractivity contribution in [3.05, 3.63) is 0 Å². The third-order valence-corrected chi connectivity index (χ3v) is 3.49. The first-order chi connectivity index (χ1) is 9.40. The highest BCUT2D eigenvalue weighted by Gasteiger charge is 2.24. The third-order valence-electron chi connectivity index (χ3n) is 3.49. The van der Waals surface area contributed by atoms with Gasteiger partial charge >= 0.3 is 5.97 Å². The van der Waals surface area contributed by atoms with Crippen molar-refractivity contribution in [2.75, 3.05) is 6.54 Å². The highest BCUT2D eigenvalue weighted by Crippen LogP contribution is 2.24. The average molecular weight is 284 g/mol. The Bertz CT molecular complexity index is 362. The molecule has 6 nitrogen and oxygen atoms in total. The summed E-state index contributed by atoms with van der Waals surface area (Å²) >= 11 is 0. The molecule has 0 saturated heterocycles. The van der Waals surface area contributed by atoms with Crippen LogP contribution in [0.3, 0.4) is 0 Å². The number of hydrogen-bond donors (Lipinski definition) is 3. The van der Waals surface area contributed by atoms with Gasteiger partial charge in [0.2, 0.25) is 11.8 Å². The van der Waals surface area contributed by atoms with Gasteiger partial charge in [-0.25, -0.2) is 4.79 Å². The normalized spacial score (nSPS) is 16.9. The first-order valence-electron chi connectivity index (χ1n) is 7.20. The predicted molar refractivity (Wildman–Crippen MR) is 74.0 cm³/mol. The molecule has 2 amide bonds. The molecule has 0 unspecified atom stereocenters. The van der Waals surface area contributed by atoms with Gasteiger partial charge in [0.25, 0.3) is 0 Å². The summed E-state index contributed by atoms with van der Waals surface area (Å²) in [5, 5.41) is 14.0.